The topological polar surface area (TPSA) is 183 Å². The predicted octanol–water partition coefficient (Wildman–Crippen LogP) is 2.28. The molecule has 11 nitrogen and oxygen atoms in total. The van der Waals surface area contributed by atoms with E-state index in [2.05, 4.69) is 9.82 Å². The molecule has 0 aliphatic rings. The Balaban J connectivity index is 0.000000245. The normalized spacial score (nSPS) is 9.82. The van der Waals surface area contributed by atoms with Crippen LogP contribution in [0.1, 0.15) is 31.1 Å². The number of hydrogen-bond acceptors (Lipinski definition) is 7. The van der Waals surface area contributed by atoms with Crippen molar-refractivity contribution < 1.29 is 44.4 Å². The number of carboxylic acids is 3. The highest BCUT2D eigenvalue weighted by Gasteiger charge is 2.20. The molecule has 0 atom stereocenters. The number of nitrogens with zero attached hydrogens (tertiary/aromatic N) is 1. The predicted molar refractivity (Wildman–Crippen MR) is 113 cm³/mol. The third-order valence-corrected chi connectivity index (χ3v) is 3.91. The molecule has 3 rings (SSSR count). The van der Waals surface area contributed by atoms with E-state index in [1.54, 1.807) is 60.7 Å². The summed E-state index contributed by atoms with van der Waals surface area (Å²) in [5.41, 5.74) is 2.11. The number of aromatic carboxylic acids is 2. The van der Waals surface area contributed by atoms with Crippen LogP contribution in [0.15, 0.2) is 66.7 Å². The molecular formula is C22H18N2O9. The van der Waals surface area contributed by atoms with Crippen LogP contribution in [0.3, 0.4) is 0 Å². The average molecular weight is 454 g/mol. The van der Waals surface area contributed by atoms with Gasteiger partial charge in [0.1, 0.15) is 5.56 Å². The molecule has 0 aliphatic heterocycles. The highest BCUT2D eigenvalue weighted by molar-refractivity contribution is 5.99. The van der Waals surface area contributed by atoms with Gasteiger partial charge in [0.05, 0.1) is 11.3 Å². The van der Waals surface area contributed by atoms with Crippen molar-refractivity contribution in [1.82, 2.24) is 10.5 Å². The zero-order valence-electron chi connectivity index (χ0n) is 16.8. The summed E-state index contributed by atoms with van der Waals surface area (Å²) >= 11 is 0. The molecule has 11 heteroatoms. The van der Waals surface area contributed by atoms with Crippen LogP contribution in [0.2, 0.25) is 0 Å². The van der Waals surface area contributed by atoms with E-state index >= 15 is 0 Å². The van der Waals surface area contributed by atoms with Gasteiger partial charge in [-0.2, -0.15) is 0 Å². The van der Waals surface area contributed by atoms with Crippen molar-refractivity contribution in [3.05, 3.63) is 83.4 Å². The average Bonchev–Trinajstić information content (AvgIpc) is 2.79. The molecule has 0 fully saturated rings. The lowest BCUT2D eigenvalue weighted by molar-refractivity contribution is -0.144. The van der Waals surface area contributed by atoms with Crippen LogP contribution >= 0.6 is 0 Å². The van der Waals surface area contributed by atoms with E-state index in [1.807, 2.05) is 5.48 Å². The molecule has 0 radical (unpaired) electrons. The molecule has 0 saturated heterocycles. The zero-order valence-corrected chi connectivity index (χ0v) is 16.8. The third kappa shape index (κ3) is 7.15. The monoisotopic (exact) mass is 454 g/mol. The molecule has 0 saturated carbocycles. The Labute approximate surface area is 186 Å². The number of aromatic nitrogens is 1. The summed E-state index contributed by atoms with van der Waals surface area (Å²) in [6.07, 6.45) is 0. The number of aliphatic carboxylic acids is 1. The summed E-state index contributed by atoms with van der Waals surface area (Å²) in [4.78, 5) is 51.3. The van der Waals surface area contributed by atoms with Gasteiger partial charge in [-0.15, -0.1) is 0 Å². The number of benzene rings is 2. The van der Waals surface area contributed by atoms with Crippen molar-refractivity contribution in [2.24, 2.45) is 0 Å². The van der Waals surface area contributed by atoms with Gasteiger partial charge in [0.2, 0.25) is 5.88 Å². The Kier molecular flexibility index (Phi) is 8.59. The van der Waals surface area contributed by atoms with Crippen LogP contribution in [0.25, 0.3) is 11.3 Å². The van der Waals surface area contributed by atoms with E-state index in [1.165, 1.54) is 0 Å². The fourth-order valence-corrected chi connectivity index (χ4v) is 2.45. The van der Waals surface area contributed by atoms with Gasteiger partial charge in [-0.1, -0.05) is 48.5 Å². The van der Waals surface area contributed by atoms with Gasteiger partial charge in [-0.25, -0.2) is 24.8 Å². The van der Waals surface area contributed by atoms with Crippen LogP contribution in [0, 0.1) is 0 Å². The second-order valence-electron chi connectivity index (χ2n) is 6.21. The summed E-state index contributed by atoms with van der Waals surface area (Å²) in [6.45, 7) is -0.557. The van der Waals surface area contributed by atoms with Crippen molar-refractivity contribution in [1.29, 1.82) is 0 Å². The maximum Gasteiger partial charge on any atom is 0.341 e. The molecule has 1 aromatic heterocycles. The first-order valence-corrected chi connectivity index (χ1v) is 9.15. The van der Waals surface area contributed by atoms with Gasteiger partial charge in [-0.3, -0.25) is 9.63 Å². The molecule has 3 aromatic rings. The van der Waals surface area contributed by atoms with Crippen molar-refractivity contribution >= 4 is 23.8 Å². The minimum Gasteiger partial charge on any atom is -0.493 e. The van der Waals surface area contributed by atoms with E-state index in [0.29, 0.717) is 11.1 Å². The molecule has 2 aromatic carbocycles. The van der Waals surface area contributed by atoms with Crippen LogP contribution in [-0.4, -0.2) is 55.8 Å². The Hall–Kier alpha value is -4.77. The first-order chi connectivity index (χ1) is 15.7. The largest absolute Gasteiger partial charge is 0.493 e. The van der Waals surface area contributed by atoms with Gasteiger partial charge >= 0.3 is 17.9 Å². The fourth-order valence-electron chi connectivity index (χ4n) is 2.45. The van der Waals surface area contributed by atoms with E-state index in [9.17, 15) is 24.3 Å². The first-order valence-electron chi connectivity index (χ1n) is 9.15. The van der Waals surface area contributed by atoms with Gasteiger partial charge < -0.3 is 20.4 Å². The van der Waals surface area contributed by atoms with Crippen LogP contribution in [0.5, 0.6) is 5.88 Å². The second-order valence-corrected chi connectivity index (χ2v) is 6.21. The Morgan fingerprint density at radius 1 is 0.818 bits per heavy atom. The summed E-state index contributed by atoms with van der Waals surface area (Å²) < 4.78 is 0. The Morgan fingerprint density at radius 3 is 1.88 bits per heavy atom. The molecule has 5 N–H and O–H groups in total. The SMILES string of the molecule is O=C(O)CONC(=O)c1ccccc1.O=C(O)c1cc(C(=O)O)c(-c2ccccc2)nc1O. The quantitative estimate of drug-likeness (QED) is 0.332. The molecule has 0 bridgehead atoms. The number of rotatable bonds is 7. The molecule has 0 aliphatic carbocycles. The highest BCUT2D eigenvalue weighted by Crippen LogP contribution is 2.27. The molecule has 33 heavy (non-hydrogen) atoms. The number of nitrogens with one attached hydrogen (secondary N) is 1. The van der Waals surface area contributed by atoms with E-state index in [4.69, 9.17) is 15.3 Å². The summed E-state index contributed by atoms with van der Waals surface area (Å²) in [6, 6.07) is 17.6. The smallest absolute Gasteiger partial charge is 0.341 e. The van der Waals surface area contributed by atoms with Crippen LogP contribution < -0.4 is 5.48 Å². The molecule has 1 amide bonds. The Bertz CT molecular complexity index is 1150. The number of amides is 1. The Morgan fingerprint density at radius 2 is 1.36 bits per heavy atom. The lowest BCUT2D eigenvalue weighted by Gasteiger charge is -2.08. The number of aromatic hydroxyl groups is 1. The van der Waals surface area contributed by atoms with Crippen molar-refractivity contribution in [3.8, 4) is 17.1 Å². The number of pyridine rings is 1. The lowest BCUT2D eigenvalue weighted by atomic mass is 10.0. The van der Waals surface area contributed by atoms with Crippen LogP contribution in [0.4, 0.5) is 0 Å². The maximum absolute atomic E-state index is 11.2. The number of hydroxylamine groups is 1. The van der Waals surface area contributed by atoms with Crippen molar-refractivity contribution in [2.45, 2.75) is 0 Å². The van der Waals surface area contributed by atoms with Gasteiger partial charge in [-0.05, 0) is 18.2 Å². The lowest BCUT2D eigenvalue weighted by Crippen LogP contribution is -2.26. The van der Waals surface area contributed by atoms with Crippen molar-refractivity contribution in [3.63, 3.8) is 0 Å². The van der Waals surface area contributed by atoms with Gasteiger partial charge in [0, 0.05) is 11.1 Å². The molecule has 0 unspecified atom stereocenters. The standard InChI is InChI=1S/C13H9NO5.C9H9NO4/c15-11-9(13(18)19)6-8(12(16)17)10(14-11)7-4-2-1-3-5-7;11-8(12)6-14-10-9(13)7-4-2-1-3-5-7/h1-6H,(H,14,15)(H,16,17)(H,18,19);1-5H,6H2,(H,10,13)(H,11,12). The fraction of sp³-hybridized carbons (Fsp3) is 0.0455. The zero-order chi connectivity index (χ0) is 24.4. The second kappa shape index (κ2) is 11.6. The highest BCUT2D eigenvalue weighted by atomic mass is 16.7. The summed E-state index contributed by atoms with van der Waals surface area (Å²) in [5, 5.41) is 35.7. The molecular weight excluding hydrogens is 436 g/mol. The number of hydrogen-bond donors (Lipinski definition) is 5. The number of carboxylic acid groups (broad SMARTS) is 3. The van der Waals surface area contributed by atoms with E-state index in [-0.39, 0.29) is 11.3 Å². The van der Waals surface area contributed by atoms with Gasteiger partial charge in [0.25, 0.3) is 5.91 Å². The first kappa shape index (κ1) is 24.5. The molecule has 170 valence electrons. The number of carbonyl (C=O) groups is 4. The third-order valence-electron chi connectivity index (χ3n) is 3.91. The van der Waals surface area contributed by atoms with Crippen molar-refractivity contribution in [2.75, 3.05) is 6.61 Å². The summed E-state index contributed by atoms with van der Waals surface area (Å²) in [7, 11) is 0. The van der Waals surface area contributed by atoms with Gasteiger partial charge in [0.15, 0.2) is 6.61 Å². The molecule has 0 spiro atoms. The minimum atomic E-state index is -1.44. The van der Waals surface area contributed by atoms with Crippen LogP contribution in [-0.2, 0) is 9.63 Å². The van der Waals surface area contributed by atoms with E-state index in [0.717, 1.165) is 6.07 Å². The van der Waals surface area contributed by atoms with E-state index < -0.39 is 41.9 Å². The summed E-state index contributed by atoms with van der Waals surface area (Å²) in [5.74, 6) is -5.07. The minimum absolute atomic E-state index is 0.0237. The molecule has 1 heterocycles. The number of carbonyl (C=O) groups excluding carboxylic acids is 1. The maximum atomic E-state index is 11.2.